The number of rotatable bonds is 5. The number of oxime groups is 1. The van der Waals surface area contributed by atoms with Gasteiger partial charge in [0.05, 0.1) is 12.4 Å². The lowest BCUT2D eigenvalue weighted by atomic mass is 10.2. The number of nitrogens with zero attached hydrogens (tertiary/aromatic N) is 1. The number of hydrogen-bond acceptors (Lipinski definition) is 6. The highest BCUT2D eigenvalue weighted by atomic mass is 32.2. The van der Waals surface area contributed by atoms with Crippen molar-refractivity contribution in [2.75, 3.05) is 14.2 Å². The highest BCUT2D eigenvalue weighted by Gasteiger charge is 2.25. The van der Waals surface area contributed by atoms with Gasteiger partial charge < -0.3 is 9.57 Å². The summed E-state index contributed by atoms with van der Waals surface area (Å²) >= 11 is 1.04. The summed E-state index contributed by atoms with van der Waals surface area (Å²) in [7, 11) is 2.60. The highest BCUT2D eigenvalue weighted by Crippen LogP contribution is 2.18. The average Bonchev–Trinajstić information content (AvgIpc) is 2.21. The summed E-state index contributed by atoms with van der Waals surface area (Å²) in [6.07, 6.45) is 0.599. The summed E-state index contributed by atoms with van der Waals surface area (Å²) in [4.78, 5) is 26.8. The molecular formula is C9H15NO4S. The van der Waals surface area contributed by atoms with Crippen LogP contribution in [-0.2, 0) is 19.2 Å². The first-order valence-corrected chi connectivity index (χ1v) is 5.31. The quantitative estimate of drug-likeness (QED) is 0.406. The molecule has 0 spiro atoms. The van der Waals surface area contributed by atoms with Crippen LogP contribution < -0.4 is 0 Å². The van der Waals surface area contributed by atoms with Gasteiger partial charge in [-0.1, -0.05) is 23.8 Å². The molecule has 0 aromatic heterocycles. The number of carbonyl (C=O) groups excluding carboxylic acids is 2. The molecule has 0 N–H and O–H groups in total. The van der Waals surface area contributed by atoms with E-state index in [1.807, 2.05) is 6.92 Å². The van der Waals surface area contributed by atoms with Gasteiger partial charge in [-0.05, 0) is 6.42 Å². The molecule has 0 amide bonds. The molecule has 0 saturated heterocycles. The van der Waals surface area contributed by atoms with E-state index in [1.54, 1.807) is 0 Å². The van der Waals surface area contributed by atoms with E-state index in [-0.39, 0.29) is 16.1 Å². The van der Waals surface area contributed by atoms with Crippen molar-refractivity contribution < 1.29 is 19.2 Å². The van der Waals surface area contributed by atoms with Gasteiger partial charge in [-0.25, -0.2) is 4.79 Å². The number of thioether (sulfide) groups is 1. The van der Waals surface area contributed by atoms with E-state index in [4.69, 9.17) is 0 Å². The molecule has 6 heteroatoms. The van der Waals surface area contributed by atoms with E-state index < -0.39 is 5.97 Å². The molecule has 0 rings (SSSR count). The van der Waals surface area contributed by atoms with E-state index >= 15 is 0 Å². The van der Waals surface area contributed by atoms with E-state index in [0.29, 0.717) is 6.42 Å². The predicted octanol–water partition coefficient (Wildman–Crippen LogP) is 1.22. The Hall–Kier alpha value is -1.04. The zero-order valence-corrected chi connectivity index (χ0v) is 10.1. The minimum absolute atomic E-state index is 0.0745. The Morgan fingerprint density at radius 2 is 2.00 bits per heavy atom. The van der Waals surface area contributed by atoms with Crippen LogP contribution in [0.5, 0.6) is 0 Å². The van der Waals surface area contributed by atoms with E-state index in [0.717, 1.165) is 11.8 Å². The van der Waals surface area contributed by atoms with Gasteiger partial charge in [0.15, 0.2) is 10.8 Å². The molecule has 0 aliphatic rings. The molecular weight excluding hydrogens is 218 g/mol. The molecule has 0 bridgehead atoms. The number of carbonyl (C=O) groups is 2. The van der Waals surface area contributed by atoms with Gasteiger partial charge in [-0.15, -0.1) is 0 Å². The summed E-state index contributed by atoms with van der Waals surface area (Å²) in [5.74, 6) is -0.572. The second-order valence-corrected chi connectivity index (χ2v) is 4.04. The molecule has 0 radical (unpaired) electrons. The SMILES string of the molecule is CCC(SC(C)=O)C(=NOC)C(=O)OC. The lowest BCUT2D eigenvalue weighted by Gasteiger charge is -2.12. The third-order valence-electron chi connectivity index (χ3n) is 1.57. The Morgan fingerprint density at radius 1 is 1.40 bits per heavy atom. The molecule has 0 aliphatic carbocycles. The third-order valence-corrected chi connectivity index (χ3v) is 2.74. The Labute approximate surface area is 93.2 Å². The molecule has 0 aromatic carbocycles. The van der Waals surface area contributed by atoms with Crippen molar-refractivity contribution in [1.82, 2.24) is 0 Å². The fraction of sp³-hybridized carbons (Fsp3) is 0.667. The predicted molar refractivity (Wildman–Crippen MR) is 58.8 cm³/mol. The molecule has 0 heterocycles. The van der Waals surface area contributed by atoms with Crippen molar-refractivity contribution in [2.45, 2.75) is 25.5 Å². The fourth-order valence-corrected chi connectivity index (χ4v) is 1.78. The normalized spacial score (nSPS) is 13.2. The van der Waals surface area contributed by atoms with Crippen molar-refractivity contribution in [2.24, 2.45) is 5.16 Å². The van der Waals surface area contributed by atoms with Crippen molar-refractivity contribution in [3.8, 4) is 0 Å². The van der Waals surface area contributed by atoms with Crippen molar-refractivity contribution in [3.63, 3.8) is 0 Å². The molecule has 0 aromatic rings. The minimum Gasteiger partial charge on any atom is -0.464 e. The second kappa shape index (κ2) is 7.28. The van der Waals surface area contributed by atoms with Gasteiger partial charge in [0.1, 0.15) is 7.11 Å². The first-order valence-electron chi connectivity index (χ1n) is 4.43. The molecule has 86 valence electrons. The van der Waals surface area contributed by atoms with Crippen LogP contribution in [0.1, 0.15) is 20.3 Å². The van der Waals surface area contributed by atoms with E-state index in [1.165, 1.54) is 21.1 Å². The maximum Gasteiger partial charge on any atom is 0.357 e. The molecule has 0 fully saturated rings. The fourth-order valence-electron chi connectivity index (χ4n) is 0.963. The van der Waals surface area contributed by atoms with Gasteiger partial charge in [0.2, 0.25) is 0 Å². The lowest BCUT2D eigenvalue weighted by Crippen LogP contribution is -2.28. The van der Waals surface area contributed by atoms with Crippen LogP contribution in [0.4, 0.5) is 0 Å². The largest absolute Gasteiger partial charge is 0.464 e. The van der Waals surface area contributed by atoms with E-state index in [9.17, 15) is 9.59 Å². The van der Waals surface area contributed by atoms with Crippen molar-refractivity contribution >= 4 is 28.6 Å². The number of ether oxygens (including phenoxy) is 1. The summed E-state index contributed by atoms with van der Waals surface area (Å²) in [5, 5.41) is 3.19. The topological polar surface area (TPSA) is 65.0 Å². The standard InChI is InChI=1S/C9H15NO4S/c1-5-7(15-6(2)11)8(10-14-4)9(12)13-3/h7H,5H2,1-4H3. The molecule has 1 unspecified atom stereocenters. The Bertz CT molecular complexity index is 265. The summed E-state index contributed by atoms with van der Waals surface area (Å²) in [5.41, 5.74) is 0.128. The zero-order chi connectivity index (χ0) is 11.8. The van der Waals surface area contributed by atoms with Gasteiger partial charge in [0.25, 0.3) is 0 Å². The molecule has 0 saturated carbocycles. The highest BCUT2D eigenvalue weighted by molar-refractivity contribution is 8.14. The molecule has 5 nitrogen and oxygen atoms in total. The second-order valence-electron chi connectivity index (χ2n) is 2.66. The summed E-state index contributed by atoms with van der Waals surface area (Å²) < 4.78 is 4.55. The number of esters is 1. The smallest absolute Gasteiger partial charge is 0.357 e. The molecule has 15 heavy (non-hydrogen) atoms. The van der Waals surface area contributed by atoms with Crippen molar-refractivity contribution in [3.05, 3.63) is 0 Å². The first-order chi connectivity index (χ1) is 7.06. The van der Waals surface area contributed by atoms with Gasteiger partial charge in [-0.2, -0.15) is 0 Å². The first kappa shape index (κ1) is 14.0. The van der Waals surface area contributed by atoms with Crippen LogP contribution in [0.25, 0.3) is 0 Å². The Kier molecular flexibility index (Phi) is 6.77. The van der Waals surface area contributed by atoms with Crippen LogP contribution in [0.3, 0.4) is 0 Å². The Balaban J connectivity index is 4.78. The molecule has 1 atom stereocenters. The maximum absolute atomic E-state index is 11.3. The number of methoxy groups -OCH3 is 1. The third kappa shape index (κ3) is 4.83. The summed E-state index contributed by atoms with van der Waals surface area (Å²) in [6.45, 7) is 3.30. The van der Waals surface area contributed by atoms with Crippen LogP contribution in [-0.4, -0.2) is 36.3 Å². The van der Waals surface area contributed by atoms with Crippen molar-refractivity contribution in [1.29, 1.82) is 0 Å². The van der Waals surface area contributed by atoms with Gasteiger partial charge in [-0.3, -0.25) is 4.79 Å². The monoisotopic (exact) mass is 233 g/mol. The maximum atomic E-state index is 11.3. The lowest BCUT2D eigenvalue weighted by molar-refractivity contribution is -0.133. The summed E-state index contributed by atoms with van der Waals surface area (Å²) in [6, 6.07) is 0. The van der Waals surface area contributed by atoms with Gasteiger partial charge >= 0.3 is 5.97 Å². The number of hydrogen-bond donors (Lipinski definition) is 0. The van der Waals surface area contributed by atoms with Gasteiger partial charge in [0, 0.05) is 6.92 Å². The minimum atomic E-state index is -0.572. The van der Waals surface area contributed by atoms with Crippen LogP contribution >= 0.6 is 11.8 Å². The van der Waals surface area contributed by atoms with Crippen LogP contribution in [0.15, 0.2) is 5.16 Å². The van der Waals surface area contributed by atoms with E-state index in [2.05, 4.69) is 14.7 Å². The average molecular weight is 233 g/mol. The van der Waals surface area contributed by atoms with Crippen LogP contribution in [0.2, 0.25) is 0 Å². The molecule has 0 aliphatic heterocycles. The Morgan fingerprint density at radius 3 is 2.33 bits per heavy atom. The zero-order valence-electron chi connectivity index (χ0n) is 9.27. The van der Waals surface area contributed by atoms with Crippen LogP contribution in [0, 0.1) is 0 Å².